The first kappa shape index (κ1) is 19.2. The lowest BCUT2D eigenvalue weighted by molar-refractivity contribution is -0.128. The van der Waals surface area contributed by atoms with E-state index in [0.29, 0.717) is 11.5 Å². The van der Waals surface area contributed by atoms with Crippen LogP contribution in [-0.2, 0) is 34.9 Å². The summed E-state index contributed by atoms with van der Waals surface area (Å²) in [6, 6.07) is 0. The fourth-order valence-corrected chi connectivity index (χ4v) is 2.75. The number of imidazole rings is 1. The van der Waals surface area contributed by atoms with Crippen molar-refractivity contribution >= 4 is 17.1 Å². The van der Waals surface area contributed by atoms with Gasteiger partial charge < -0.3 is 18.9 Å². The molecule has 0 aliphatic carbocycles. The number of ether oxygens (including phenoxy) is 2. The van der Waals surface area contributed by atoms with E-state index in [0.717, 1.165) is 4.57 Å². The molecule has 1 aliphatic rings. The second-order valence-corrected chi connectivity index (χ2v) is 6.21. The van der Waals surface area contributed by atoms with E-state index in [4.69, 9.17) is 9.47 Å². The molecule has 2 aromatic rings. The van der Waals surface area contributed by atoms with Crippen molar-refractivity contribution in [3.05, 3.63) is 63.1 Å². The Labute approximate surface area is 160 Å². The minimum Gasteiger partial charge on any atom is -0.454 e. The summed E-state index contributed by atoms with van der Waals surface area (Å²) in [6.45, 7) is 1.88. The Morgan fingerprint density at radius 3 is 2.57 bits per heavy atom. The number of allylic oxidation sites excluding steroid dienone is 3. The number of aromatic nitrogens is 4. The lowest BCUT2D eigenvalue weighted by atomic mass is 10.3. The van der Waals surface area contributed by atoms with Gasteiger partial charge in [0.2, 0.25) is 12.7 Å². The zero-order valence-corrected chi connectivity index (χ0v) is 16.1. The summed E-state index contributed by atoms with van der Waals surface area (Å²) in [4.78, 5) is 42.5. The van der Waals surface area contributed by atoms with E-state index < -0.39 is 11.2 Å². The zero-order valence-electron chi connectivity index (χ0n) is 16.1. The molecule has 0 saturated carbocycles. The standard InChI is InChI=1S/C18H21N5O5/c1-5-6-12-13(28-11-27-12)7-8-20(2)14(24)9-23-10-19-16-15(23)17(25)22(4)18(26)21(16)3/h5-8,10H,9,11H2,1-4H3/b6-5-,8-7+. The molecule has 0 atom stereocenters. The topological polar surface area (TPSA) is 101 Å². The molecule has 0 radical (unpaired) electrons. The van der Waals surface area contributed by atoms with Crippen LogP contribution >= 0.6 is 0 Å². The molecule has 3 heterocycles. The third-order valence-corrected chi connectivity index (χ3v) is 4.36. The van der Waals surface area contributed by atoms with Crippen LogP contribution in [0.2, 0.25) is 0 Å². The molecule has 0 unspecified atom stereocenters. The van der Waals surface area contributed by atoms with Crippen LogP contribution in [0.15, 0.2) is 51.9 Å². The van der Waals surface area contributed by atoms with Crippen LogP contribution in [0.4, 0.5) is 0 Å². The predicted molar refractivity (Wildman–Crippen MR) is 101 cm³/mol. The summed E-state index contributed by atoms with van der Waals surface area (Å²) in [5, 5.41) is 0. The van der Waals surface area contributed by atoms with Gasteiger partial charge in [-0.2, -0.15) is 0 Å². The van der Waals surface area contributed by atoms with Crippen LogP contribution in [0.5, 0.6) is 0 Å². The zero-order chi connectivity index (χ0) is 20.4. The summed E-state index contributed by atoms with van der Waals surface area (Å²) < 4.78 is 14.4. The van der Waals surface area contributed by atoms with Gasteiger partial charge in [0.1, 0.15) is 6.54 Å². The second-order valence-electron chi connectivity index (χ2n) is 6.21. The summed E-state index contributed by atoms with van der Waals surface area (Å²) >= 11 is 0. The number of hydrogen-bond donors (Lipinski definition) is 0. The molecule has 28 heavy (non-hydrogen) atoms. The molecule has 0 bridgehead atoms. The number of hydrogen-bond acceptors (Lipinski definition) is 6. The van der Waals surface area contributed by atoms with Crippen molar-refractivity contribution in [1.82, 2.24) is 23.6 Å². The van der Waals surface area contributed by atoms with Crippen LogP contribution in [0.25, 0.3) is 11.2 Å². The molecule has 3 rings (SSSR count). The first-order valence-corrected chi connectivity index (χ1v) is 8.52. The minimum atomic E-state index is -0.501. The van der Waals surface area contributed by atoms with E-state index >= 15 is 0 Å². The smallest absolute Gasteiger partial charge is 0.332 e. The monoisotopic (exact) mass is 387 g/mol. The molecular weight excluding hydrogens is 366 g/mol. The molecule has 0 N–H and O–H groups in total. The van der Waals surface area contributed by atoms with Crippen LogP contribution in [0, 0.1) is 0 Å². The predicted octanol–water partition coefficient (Wildman–Crippen LogP) is 0.198. The largest absolute Gasteiger partial charge is 0.454 e. The minimum absolute atomic E-state index is 0.108. The molecular formula is C18H21N5O5. The first-order chi connectivity index (χ1) is 13.3. The summed E-state index contributed by atoms with van der Waals surface area (Å²) in [6.07, 6.45) is 8.16. The fourth-order valence-electron chi connectivity index (χ4n) is 2.75. The molecule has 0 fully saturated rings. The maximum Gasteiger partial charge on any atom is 0.332 e. The number of likely N-dealkylation sites (N-methyl/N-ethyl adjacent to an activating group) is 1. The van der Waals surface area contributed by atoms with Crippen molar-refractivity contribution in [1.29, 1.82) is 0 Å². The molecule has 10 nitrogen and oxygen atoms in total. The van der Waals surface area contributed by atoms with Gasteiger partial charge in [-0.15, -0.1) is 0 Å². The van der Waals surface area contributed by atoms with E-state index in [1.165, 1.54) is 34.5 Å². The van der Waals surface area contributed by atoms with E-state index in [9.17, 15) is 14.4 Å². The quantitative estimate of drug-likeness (QED) is 0.726. The van der Waals surface area contributed by atoms with Gasteiger partial charge in [-0.25, -0.2) is 9.78 Å². The highest BCUT2D eigenvalue weighted by atomic mass is 16.7. The van der Waals surface area contributed by atoms with Gasteiger partial charge in [-0.1, -0.05) is 6.08 Å². The Kier molecular flexibility index (Phi) is 5.21. The Balaban J connectivity index is 1.84. The Hall–Kier alpha value is -3.56. The Morgan fingerprint density at radius 1 is 1.21 bits per heavy atom. The average molecular weight is 387 g/mol. The van der Waals surface area contributed by atoms with Crippen molar-refractivity contribution in [2.45, 2.75) is 13.5 Å². The van der Waals surface area contributed by atoms with E-state index in [1.54, 1.807) is 25.4 Å². The molecule has 0 saturated heterocycles. The molecule has 0 aromatic carbocycles. The molecule has 1 aliphatic heterocycles. The van der Waals surface area contributed by atoms with E-state index in [1.807, 2.05) is 13.0 Å². The molecule has 2 aromatic heterocycles. The van der Waals surface area contributed by atoms with Gasteiger partial charge in [-0.3, -0.25) is 18.7 Å². The first-order valence-electron chi connectivity index (χ1n) is 8.52. The van der Waals surface area contributed by atoms with Crippen LogP contribution in [0.3, 0.4) is 0 Å². The van der Waals surface area contributed by atoms with Gasteiger partial charge in [-0.05, 0) is 13.0 Å². The summed E-state index contributed by atoms with van der Waals surface area (Å²) in [5.74, 6) is 0.831. The number of carbonyl (C=O) groups excluding carboxylic acids is 1. The normalized spacial score (nSPS) is 14.3. The van der Waals surface area contributed by atoms with Gasteiger partial charge in [0.15, 0.2) is 22.7 Å². The van der Waals surface area contributed by atoms with Gasteiger partial charge in [0.05, 0.1) is 6.33 Å². The molecule has 1 amide bonds. The highest BCUT2D eigenvalue weighted by molar-refractivity contribution is 5.79. The maximum atomic E-state index is 12.6. The SMILES string of the molecule is C/C=C\C1=C(/C=C/N(C)C(=O)Cn2cnc3c2c(=O)n(C)c(=O)n3C)OCO1. The molecule has 10 heteroatoms. The maximum absolute atomic E-state index is 12.6. The van der Waals surface area contributed by atoms with Crippen LogP contribution in [0.1, 0.15) is 6.92 Å². The number of amides is 1. The lowest BCUT2D eigenvalue weighted by Crippen LogP contribution is -2.38. The average Bonchev–Trinajstić information content (AvgIpc) is 3.30. The van der Waals surface area contributed by atoms with Crippen molar-refractivity contribution in [3.63, 3.8) is 0 Å². The second kappa shape index (κ2) is 7.59. The fraction of sp³-hybridized carbons (Fsp3) is 0.333. The van der Waals surface area contributed by atoms with Crippen molar-refractivity contribution in [3.8, 4) is 0 Å². The molecule has 0 spiro atoms. The van der Waals surface area contributed by atoms with Gasteiger partial charge in [0.25, 0.3) is 5.56 Å². The highest BCUT2D eigenvalue weighted by Gasteiger charge is 2.17. The number of carbonyl (C=O) groups is 1. The van der Waals surface area contributed by atoms with Crippen LogP contribution < -0.4 is 11.2 Å². The third-order valence-electron chi connectivity index (χ3n) is 4.36. The third kappa shape index (κ3) is 3.36. The van der Waals surface area contributed by atoms with Crippen molar-refractivity contribution in [2.24, 2.45) is 14.1 Å². The summed E-state index contributed by atoms with van der Waals surface area (Å²) in [5.41, 5.74) is -0.546. The van der Waals surface area contributed by atoms with Crippen molar-refractivity contribution < 1.29 is 14.3 Å². The van der Waals surface area contributed by atoms with Gasteiger partial charge >= 0.3 is 5.69 Å². The van der Waals surface area contributed by atoms with E-state index in [2.05, 4.69) is 4.98 Å². The number of aryl methyl sites for hydroxylation is 1. The Morgan fingerprint density at radius 2 is 1.89 bits per heavy atom. The van der Waals surface area contributed by atoms with Crippen LogP contribution in [-0.4, -0.2) is 43.3 Å². The summed E-state index contributed by atoms with van der Waals surface area (Å²) in [7, 11) is 4.51. The lowest BCUT2D eigenvalue weighted by Gasteiger charge is -2.13. The van der Waals surface area contributed by atoms with E-state index in [-0.39, 0.29) is 30.4 Å². The highest BCUT2D eigenvalue weighted by Crippen LogP contribution is 2.18. The van der Waals surface area contributed by atoms with Gasteiger partial charge in [0, 0.05) is 33.4 Å². The number of rotatable bonds is 5. The Bertz CT molecular complexity index is 1130. The number of nitrogens with zero attached hydrogens (tertiary/aromatic N) is 5. The molecule has 148 valence electrons. The number of fused-ring (bicyclic) bond motifs is 1. The van der Waals surface area contributed by atoms with Crippen molar-refractivity contribution in [2.75, 3.05) is 13.8 Å².